The zero-order valence-corrected chi connectivity index (χ0v) is 50.0. The summed E-state index contributed by atoms with van der Waals surface area (Å²) in [5.41, 5.74) is 24.3. The van der Waals surface area contributed by atoms with E-state index in [0.29, 0.717) is 11.8 Å². The number of para-hydroxylation sites is 3. The first-order valence-corrected chi connectivity index (χ1v) is 32.1. The maximum Gasteiger partial charge on any atom is 0.159 e. The second-order valence-electron chi connectivity index (χ2n) is 24.7. The van der Waals surface area contributed by atoms with Crippen molar-refractivity contribution in [2.45, 2.75) is 117 Å². The van der Waals surface area contributed by atoms with E-state index in [4.69, 9.17) is 8.83 Å². The lowest BCUT2D eigenvalue weighted by atomic mass is 9.80. The Bertz CT molecular complexity index is 4940. The molecule has 2 aliphatic carbocycles. The Morgan fingerprint density at radius 1 is 0.360 bits per heavy atom. The summed E-state index contributed by atoms with van der Waals surface area (Å²) in [4.78, 5) is 2.57. The maximum atomic E-state index is 7.45. The fraction of sp³-hybridized carbons (Fsp3) is 0.220. The van der Waals surface area contributed by atoms with E-state index in [1.54, 1.807) is 0 Å². The molecule has 0 amide bonds. The Hall–Kier alpha value is -9.12. The van der Waals surface area contributed by atoms with Gasteiger partial charge in [0, 0.05) is 55.0 Å². The van der Waals surface area contributed by atoms with Crippen LogP contribution in [0.4, 0.5) is 28.4 Å². The number of nitrogens with zero attached hydrogens (tertiary/aromatic N) is 1. The molecule has 86 heavy (non-hydrogen) atoms. The lowest BCUT2D eigenvalue weighted by Gasteiger charge is -2.30. The number of hydrogen-bond donors (Lipinski definition) is 1. The average molecular weight is 1120 g/mol. The minimum atomic E-state index is 0.393. The first-order chi connectivity index (χ1) is 42.5. The summed E-state index contributed by atoms with van der Waals surface area (Å²) in [6.45, 7) is 9.00. The van der Waals surface area contributed by atoms with E-state index in [9.17, 15) is 0 Å². The van der Waals surface area contributed by atoms with E-state index in [1.165, 1.54) is 127 Å². The van der Waals surface area contributed by atoms with E-state index in [1.807, 2.05) is 0 Å². The molecule has 4 nitrogen and oxygen atoms in total. The molecule has 2 aliphatic rings. The van der Waals surface area contributed by atoms with Crippen molar-refractivity contribution in [1.82, 2.24) is 0 Å². The van der Waals surface area contributed by atoms with Crippen molar-refractivity contribution in [2.75, 3.05) is 10.2 Å². The van der Waals surface area contributed by atoms with Crippen molar-refractivity contribution in [3.05, 3.63) is 234 Å². The first kappa shape index (κ1) is 52.4. The highest BCUT2D eigenvalue weighted by Gasteiger charge is 2.31. The molecule has 0 radical (unpaired) electrons. The monoisotopic (exact) mass is 1120 g/mol. The second kappa shape index (κ2) is 21.4. The van der Waals surface area contributed by atoms with Crippen LogP contribution in [0.15, 0.2) is 209 Å². The van der Waals surface area contributed by atoms with Gasteiger partial charge in [-0.05, 0) is 189 Å². The number of furan rings is 2. The van der Waals surface area contributed by atoms with Gasteiger partial charge in [-0.25, -0.2) is 0 Å². The summed E-state index contributed by atoms with van der Waals surface area (Å²) in [5, 5.41) is 16.6. The van der Waals surface area contributed by atoms with Crippen LogP contribution in [0, 0.1) is 0 Å². The Labute approximate surface area is 504 Å². The Kier molecular flexibility index (Phi) is 13.1. The Morgan fingerprint density at radius 2 is 0.895 bits per heavy atom. The molecule has 12 aromatic carbocycles. The molecule has 0 spiro atoms. The number of anilines is 5. The molecule has 2 saturated carbocycles. The standard InChI is InChI=1S/C82H72N2O2/c1-5-50-22-17-30-56(46-50)83-78-63(43-44-69-67-37-20-35-65(80(67)86-82(69)78)59-33-16-14-25-53(59)8-4)72-48-73-71(55-28-11-12-29-55)49-75(70-45-42-61-60(54-26-9-10-27-54)40-41-62(72)76(61)77(70)73)84(57-31-18-23-51(6-2)47-57)74-39-21-38-68-66-36-19-34-64(79(66)85-81(68)74)58-32-15-13-24-52(58)7-3/h13-25,30-49,54-55,83H,5-12,26-29H2,1-4H3. The fourth-order valence-corrected chi connectivity index (χ4v) is 15.7. The number of rotatable bonds is 14. The molecule has 16 rings (SSSR count). The van der Waals surface area contributed by atoms with Crippen molar-refractivity contribution in [3.63, 3.8) is 0 Å². The topological polar surface area (TPSA) is 41.5 Å². The number of benzene rings is 12. The van der Waals surface area contributed by atoms with Gasteiger partial charge >= 0.3 is 0 Å². The summed E-state index contributed by atoms with van der Waals surface area (Å²) in [5.74, 6) is 0.913. The summed E-state index contributed by atoms with van der Waals surface area (Å²) < 4.78 is 14.9. The van der Waals surface area contributed by atoms with Gasteiger partial charge < -0.3 is 19.1 Å². The average Bonchev–Trinajstić information content (AvgIpc) is 0.871. The minimum absolute atomic E-state index is 0.393. The third kappa shape index (κ3) is 8.45. The summed E-state index contributed by atoms with van der Waals surface area (Å²) in [6.07, 6.45) is 13.5. The van der Waals surface area contributed by atoms with Crippen molar-refractivity contribution in [2.24, 2.45) is 0 Å². The molecule has 2 fully saturated rings. The van der Waals surface area contributed by atoms with Gasteiger partial charge in [-0.1, -0.05) is 205 Å². The Balaban J connectivity index is 1.00. The van der Waals surface area contributed by atoms with Crippen LogP contribution in [0.5, 0.6) is 0 Å². The molecule has 0 saturated heterocycles. The van der Waals surface area contributed by atoms with Crippen molar-refractivity contribution in [1.29, 1.82) is 0 Å². The highest BCUT2D eigenvalue weighted by molar-refractivity contribution is 6.31. The predicted molar refractivity (Wildman–Crippen MR) is 365 cm³/mol. The molecule has 4 heteroatoms. The van der Waals surface area contributed by atoms with Crippen molar-refractivity contribution in [3.8, 4) is 33.4 Å². The molecule has 2 heterocycles. The van der Waals surface area contributed by atoms with E-state index >= 15 is 0 Å². The van der Waals surface area contributed by atoms with Gasteiger partial charge in [0.15, 0.2) is 11.2 Å². The van der Waals surface area contributed by atoms with Gasteiger partial charge in [0.05, 0.1) is 17.1 Å². The van der Waals surface area contributed by atoms with Crippen LogP contribution in [0.3, 0.4) is 0 Å². The smallest absolute Gasteiger partial charge is 0.159 e. The highest BCUT2D eigenvalue weighted by atomic mass is 16.3. The molecule has 0 aliphatic heterocycles. The van der Waals surface area contributed by atoms with E-state index < -0.39 is 0 Å². The molecule has 0 bridgehead atoms. The first-order valence-electron chi connectivity index (χ1n) is 32.1. The molecule has 1 N–H and O–H groups in total. The number of fused-ring (bicyclic) bond motifs is 6. The largest absolute Gasteiger partial charge is 0.453 e. The van der Waals surface area contributed by atoms with Gasteiger partial charge in [-0.2, -0.15) is 0 Å². The van der Waals surface area contributed by atoms with Crippen molar-refractivity contribution < 1.29 is 8.83 Å². The predicted octanol–water partition coefficient (Wildman–Crippen LogP) is 24.2. The molecule has 0 unspecified atom stereocenters. The molecule has 14 aromatic rings. The normalized spacial score (nSPS) is 14.2. The second-order valence-corrected chi connectivity index (χ2v) is 24.7. The summed E-state index contributed by atoms with van der Waals surface area (Å²) in [6, 6.07) is 76.0. The van der Waals surface area contributed by atoms with Crippen LogP contribution in [-0.2, 0) is 25.7 Å². The van der Waals surface area contributed by atoms with Gasteiger partial charge in [-0.15, -0.1) is 0 Å². The number of aryl methyl sites for hydroxylation is 4. The van der Waals surface area contributed by atoms with Crippen LogP contribution in [-0.4, -0.2) is 0 Å². The molecule has 422 valence electrons. The maximum absolute atomic E-state index is 7.45. The Morgan fingerprint density at radius 3 is 1.57 bits per heavy atom. The third-order valence-corrected chi connectivity index (χ3v) is 20.0. The number of nitrogens with one attached hydrogen (secondary N) is 1. The molecular formula is C82H72N2O2. The van der Waals surface area contributed by atoms with Crippen LogP contribution < -0.4 is 10.2 Å². The lowest BCUT2D eigenvalue weighted by molar-refractivity contribution is 0.670. The quantitative estimate of drug-likeness (QED) is 0.110. The van der Waals surface area contributed by atoms with Crippen LogP contribution >= 0.6 is 0 Å². The molecule has 0 atom stereocenters. The van der Waals surface area contributed by atoms with Gasteiger partial charge in [0.1, 0.15) is 11.2 Å². The summed E-state index contributed by atoms with van der Waals surface area (Å²) >= 11 is 0. The van der Waals surface area contributed by atoms with Gasteiger partial charge in [0.2, 0.25) is 0 Å². The van der Waals surface area contributed by atoms with Crippen molar-refractivity contribution >= 4 is 105 Å². The molecular weight excluding hydrogens is 1040 g/mol. The zero-order chi connectivity index (χ0) is 57.6. The minimum Gasteiger partial charge on any atom is -0.453 e. The zero-order valence-electron chi connectivity index (χ0n) is 50.0. The van der Waals surface area contributed by atoms with Crippen LogP contribution in [0.1, 0.15) is 124 Å². The van der Waals surface area contributed by atoms with E-state index in [2.05, 4.69) is 238 Å². The lowest BCUT2D eigenvalue weighted by Crippen LogP contribution is -2.13. The SMILES string of the molecule is CCc1cccc(Nc2c(-c3cc4c(C5CCCC5)cc(N(c5cccc(CC)c5)c5cccc6c5oc5c(-c7ccccc7CC)cccc56)c5ccc6c(C7CCCC7)ccc3c6c45)ccc3c2oc2c(-c4ccccc4CC)cccc23)c1. The number of hydrogen-bond acceptors (Lipinski definition) is 4. The van der Waals surface area contributed by atoms with E-state index in [-0.39, 0.29) is 0 Å². The van der Waals surface area contributed by atoms with Gasteiger partial charge in [0.25, 0.3) is 0 Å². The highest BCUT2D eigenvalue weighted by Crippen LogP contribution is 2.55. The van der Waals surface area contributed by atoms with E-state index in [0.717, 1.165) is 122 Å². The summed E-state index contributed by atoms with van der Waals surface area (Å²) in [7, 11) is 0. The van der Waals surface area contributed by atoms with Crippen LogP contribution in [0.25, 0.3) is 110 Å². The van der Waals surface area contributed by atoms with Gasteiger partial charge in [-0.3, -0.25) is 0 Å². The molecule has 2 aromatic heterocycles. The third-order valence-electron chi connectivity index (χ3n) is 20.0. The van der Waals surface area contributed by atoms with Crippen LogP contribution in [0.2, 0.25) is 0 Å². The fourth-order valence-electron chi connectivity index (χ4n) is 15.7.